The summed E-state index contributed by atoms with van der Waals surface area (Å²) in [6.07, 6.45) is 2.76. The largest absolute Gasteiger partial charge is 0.464 e. The molecule has 0 aliphatic carbocycles. The summed E-state index contributed by atoms with van der Waals surface area (Å²) in [6, 6.07) is 8.06. The van der Waals surface area contributed by atoms with Gasteiger partial charge in [-0.15, -0.1) is 0 Å². The fraction of sp³-hybridized carbons (Fsp3) is 0.273. The molecule has 0 saturated heterocycles. The van der Waals surface area contributed by atoms with Gasteiger partial charge in [0.2, 0.25) is 0 Å². The van der Waals surface area contributed by atoms with Crippen molar-refractivity contribution in [2.24, 2.45) is 5.84 Å². The van der Waals surface area contributed by atoms with Crippen molar-refractivity contribution in [2.45, 2.75) is 6.42 Å². The van der Waals surface area contributed by atoms with Crippen LogP contribution in [0.1, 0.15) is 5.56 Å². The molecule has 0 aliphatic rings. The number of rotatable bonds is 5. The Morgan fingerprint density at radius 1 is 1.27 bits per heavy atom. The number of hydrogen-bond acceptors (Lipinski definition) is 4. The van der Waals surface area contributed by atoms with Crippen LogP contribution in [0.25, 0.3) is 11.0 Å². The fourth-order valence-corrected chi connectivity index (χ4v) is 1.61. The van der Waals surface area contributed by atoms with Crippen LogP contribution in [0.5, 0.6) is 0 Å². The van der Waals surface area contributed by atoms with Crippen LogP contribution in [0.2, 0.25) is 0 Å². The lowest BCUT2D eigenvalue weighted by Crippen LogP contribution is -2.34. The van der Waals surface area contributed by atoms with Crippen LogP contribution >= 0.6 is 0 Å². The number of nitrogens with one attached hydrogen (secondary N) is 2. The maximum Gasteiger partial charge on any atom is 0.134 e. The molecule has 0 aliphatic heterocycles. The van der Waals surface area contributed by atoms with E-state index in [9.17, 15) is 0 Å². The van der Waals surface area contributed by atoms with Gasteiger partial charge in [0.25, 0.3) is 0 Å². The molecule has 0 radical (unpaired) electrons. The Kier molecular flexibility index (Phi) is 3.34. The van der Waals surface area contributed by atoms with Crippen molar-refractivity contribution in [1.29, 1.82) is 0 Å². The van der Waals surface area contributed by atoms with Crippen molar-refractivity contribution in [2.75, 3.05) is 13.2 Å². The third-order valence-electron chi connectivity index (χ3n) is 2.36. The first-order chi connectivity index (χ1) is 7.42. The van der Waals surface area contributed by atoms with Gasteiger partial charge in [0.1, 0.15) is 5.58 Å². The Morgan fingerprint density at radius 3 is 3.00 bits per heavy atom. The Bertz CT molecular complexity index is 424. The van der Waals surface area contributed by atoms with Gasteiger partial charge in [-0.25, -0.2) is 5.43 Å². The van der Waals surface area contributed by atoms with E-state index in [1.54, 1.807) is 0 Å². The van der Waals surface area contributed by atoms with Gasteiger partial charge in [0.15, 0.2) is 0 Å². The van der Waals surface area contributed by atoms with Gasteiger partial charge in [-0.1, -0.05) is 18.2 Å². The van der Waals surface area contributed by atoms with Crippen LogP contribution in [0.15, 0.2) is 34.9 Å². The second-order valence-electron chi connectivity index (χ2n) is 3.39. The van der Waals surface area contributed by atoms with Gasteiger partial charge >= 0.3 is 0 Å². The van der Waals surface area contributed by atoms with E-state index in [-0.39, 0.29) is 0 Å². The molecule has 4 heteroatoms. The summed E-state index contributed by atoms with van der Waals surface area (Å²) in [5, 5.41) is 4.35. The molecule has 0 spiro atoms. The minimum absolute atomic E-state index is 0.621. The van der Waals surface area contributed by atoms with Crippen molar-refractivity contribution >= 4 is 11.0 Å². The zero-order valence-electron chi connectivity index (χ0n) is 8.49. The zero-order chi connectivity index (χ0) is 10.5. The van der Waals surface area contributed by atoms with Gasteiger partial charge in [-0.2, -0.15) is 0 Å². The highest BCUT2D eigenvalue weighted by molar-refractivity contribution is 5.80. The van der Waals surface area contributed by atoms with Gasteiger partial charge in [-0.3, -0.25) is 5.84 Å². The molecule has 2 rings (SSSR count). The fourth-order valence-electron chi connectivity index (χ4n) is 1.61. The molecule has 80 valence electrons. The standard InChI is InChI=1S/C11H15N3O/c12-14-8-13-6-5-9-7-15-11-4-2-1-3-10(9)11/h1-4,7,13-14H,5-6,8,12H2. The molecule has 15 heavy (non-hydrogen) atoms. The van der Waals surface area contributed by atoms with Crippen LogP contribution in [-0.2, 0) is 6.42 Å². The summed E-state index contributed by atoms with van der Waals surface area (Å²) in [5.74, 6) is 5.15. The third-order valence-corrected chi connectivity index (χ3v) is 2.36. The van der Waals surface area contributed by atoms with E-state index in [4.69, 9.17) is 10.3 Å². The monoisotopic (exact) mass is 205 g/mol. The molecule has 0 unspecified atom stereocenters. The first-order valence-electron chi connectivity index (χ1n) is 5.01. The molecule has 4 N–H and O–H groups in total. The van der Waals surface area contributed by atoms with Gasteiger partial charge in [-0.05, 0) is 18.1 Å². The minimum atomic E-state index is 0.621. The van der Waals surface area contributed by atoms with Crippen LogP contribution in [0.3, 0.4) is 0 Å². The highest BCUT2D eigenvalue weighted by atomic mass is 16.3. The number of benzene rings is 1. The molecule has 0 atom stereocenters. The third kappa shape index (κ3) is 2.36. The Balaban J connectivity index is 2.02. The number of nitrogens with two attached hydrogens (primary N) is 1. The summed E-state index contributed by atoms with van der Waals surface area (Å²) in [5.41, 5.74) is 4.73. The van der Waals surface area contributed by atoms with Crippen LogP contribution in [0, 0.1) is 0 Å². The van der Waals surface area contributed by atoms with Crippen molar-refractivity contribution in [3.8, 4) is 0 Å². The molecule has 0 amide bonds. The lowest BCUT2D eigenvalue weighted by Gasteiger charge is -2.01. The molecule has 1 aromatic carbocycles. The first-order valence-corrected chi connectivity index (χ1v) is 5.01. The number of hydrogen-bond donors (Lipinski definition) is 3. The summed E-state index contributed by atoms with van der Waals surface area (Å²) < 4.78 is 5.44. The average molecular weight is 205 g/mol. The molecule has 0 saturated carbocycles. The number of furan rings is 1. The Morgan fingerprint density at radius 2 is 2.13 bits per heavy atom. The molecular weight excluding hydrogens is 190 g/mol. The number of fused-ring (bicyclic) bond motifs is 1. The molecular formula is C11H15N3O. The van der Waals surface area contributed by atoms with Crippen LogP contribution in [-0.4, -0.2) is 13.2 Å². The maximum atomic E-state index is 5.44. The molecule has 0 bridgehead atoms. The van der Waals surface area contributed by atoms with Gasteiger partial charge < -0.3 is 9.73 Å². The predicted molar refractivity (Wildman–Crippen MR) is 60.1 cm³/mol. The number of para-hydroxylation sites is 1. The Hall–Kier alpha value is -1.36. The highest BCUT2D eigenvalue weighted by Crippen LogP contribution is 2.20. The van der Waals surface area contributed by atoms with E-state index >= 15 is 0 Å². The average Bonchev–Trinajstić information content (AvgIpc) is 2.68. The lowest BCUT2D eigenvalue weighted by molar-refractivity contribution is 0.589. The lowest BCUT2D eigenvalue weighted by atomic mass is 10.1. The molecule has 1 heterocycles. The minimum Gasteiger partial charge on any atom is -0.464 e. The molecule has 0 fully saturated rings. The quantitative estimate of drug-likeness (QED) is 0.295. The van der Waals surface area contributed by atoms with Crippen molar-refractivity contribution in [3.05, 3.63) is 36.1 Å². The Labute approximate surface area is 88.4 Å². The summed E-state index contributed by atoms with van der Waals surface area (Å²) in [6.45, 7) is 1.50. The SMILES string of the molecule is NNCNCCc1coc2ccccc12. The molecule has 2 aromatic rings. The van der Waals surface area contributed by atoms with Crippen LogP contribution in [0.4, 0.5) is 0 Å². The van der Waals surface area contributed by atoms with E-state index in [0.29, 0.717) is 6.67 Å². The van der Waals surface area contributed by atoms with Crippen molar-refractivity contribution in [1.82, 2.24) is 10.7 Å². The second kappa shape index (κ2) is 4.93. The second-order valence-corrected chi connectivity index (χ2v) is 3.39. The summed E-state index contributed by atoms with van der Waals surface area (Å²) in [7, 11) is 0. The summed E-state index contributed by atoms with van der Waals surface area (Å²) in [4.78, 5) is 0. The topological polar surface area (TPSA) is 63.2 Å². The first kappa shape index (κ1) is 10.2. The van der Waals surface area contributed by atoms with E-state index in [1.165, 1.54) is 10.9 Å². The van der Waals surface area contributed by atoms with Crippen LogP contribution < -0.4 is 16.6 Å². The normalized spacial score (nSPS) is 11.0. The number of hydrazine groups is 1. The smallest absolute Gasteiger partial charge is 0.134 e. The van der Waals surface area contributed by atoms with Crippen molar-refractivity contribution in [3.63, 3.8) is 0 Å². The highest BCUT2D eigenvalue weighted by Gasteiger charge is 2.03. The van der Waals surface area contributed by atoms with E-state index in [2.05, 4.69) is 16.8 Å². The van der Waals surface area contributed by atoms with E-state index < -0.39 is 0 Å². The zero-order valence-corrected chi connectivity index (χ0v) is 8.49. The van der Waals surface area contributed by atoms with Crippen molar-refractivity contribution < 1.29 is 4.42 Å². The van der Waals surface area contributed by atoms with Gasteiger partial charge in [0, 0.05) is 11.9 Å². The molecule has 1 aromatic heterocycles. The van der Waals surface area contributed by atoms with E-state index in [0.717, 1.165) is 18.5 Å². The summed E-state index contributed by atoms with van der Waals surface area (Å²) >= 11 is 0. The predicted octanol–water partition coefficient (Wildman–Crippen LogP) is 0.986. The maximum absolute atomic E-state index is 5.44. The van der Waals surface area contributed by atoms with E-state index in [1.807, 2.05) is 24.5 Å². The van der Waals surface area contributed by atoms with Gasteiger partial charge in [0.05, 0.1) is 12.9 Å². The molecule has 4 nitrogen and oxygen atoms in total.